The monoisotopic (exact) mass is 264 g/mol. The molecule has 2 aromatic rings. The molecule has 76 valence electrons. The molecule has 0 fully saturated rings. The van der Waals surface area contributed by atoms with Crippen LogP contribution in [0.15, 0.2) is 53.1 Å². The third-order valence-corrected chi connectivity index (χ3v) is 2.95. The van der Waals surface area contributed by atoms with Gasteiger partial charge < -0.3 is 4.42 Å². The van der Waals surface area contributed by atoms with E-state index < -0.39 is 4.83 Å². The first-order valence-electron chi connectivity index (χ1n) is 4.56. The van der Waals surface area contributed by atoms with E-state index in [4.69, 9.17) is 4.42 Å². The van der Waals surface area contributed by atoms with Gasteiger partial charge in [0.1, 0.15) is 10.6 Å². The third kappa shape index (κ3) is 2.18. The molecule has 2 rings (SSSR count). The van der Waals surface area contributed by atoms with E-state index in [0.717, 1.165) is 0 Å². The zero-order valence-electron chi connectivity index (χ0n) is 7.89. The van der Waals surface area contributed by atoms with E-state index in [1.807, 2.05) is 18.2 Å². The molecule has 1 atom stereocenters. The van der Waals surface area contributed by atoms with E-state index in [-0.39, 0.29) is 5.78 Å². The molecule has 0 aliphatic rings. The van der Waals surface area contributed by atoms with Gasteiger partial charge in [-0.15, -0.1) is 0 Å². The first-order chi connectivity index (χ1) is 7.29. The van der Waals surface area contributed by atoms with Gasteiger partial charge in [0.05, 0.1) is 6.26 Å². The summed E-state index contributed by atoms with van der Waals surface area (Å²) in [5.41, 5.74) is 0.677. The summed E-state index contributed by atoms with van der Waals surface area (Å²) >= 11 is 3.32. The van der Waals surface area contributed by atoms with Gasteiger partial charge in [0.2, 0.25) is 0 Å². The Labute approximate surface area is 96.0 Å². The van der Waals surface area contributed by atoms with Crippen LogP contribution in [0.25, 0.3) is 0 Å². The Bertz CT molecular complexity index is 434. The first kappa shape index (κ1) is 10.2. The fourth-order valence-corrected chi connectivity index (χ4v) is 1.84. The first-order valence-corrected chi connectivity index (χ1v) is 5.47. The summed E-state index contributed by atoms with van der Waals surface area (Å²) in [7, 11) is 0. The highest BCUT2D eigenvalue weighted by Crippen LogP contribution is 2.27. The van der Waals surface area contributed by atoms with Crippen LogP contribution in [0.1, 0.15) is 20.9 Å². The van der Waals surface area contributed by atoms with Gasteiger partial charge in [-0.3, -0.25) is 4.79 Å². The molecule has 0 amide bonds. The number of hydrogen-bond acceptors (Lipinski definition) is 2. The van der Waals surface area contributed by atoms with E-state index in [9.17, 15) is 4.79 Å². The molecule has 1 aromatic heterocycles. The number of alkyl halides is 1. The van der Waals surface area contributed by atoms with Crippen molar-refractivity contribution in [2.75, 3.05) is 0 Å². The molecule has 0 N–H and O–H groups in total. The number of halogens is 1. The van der Waals surface area contributed by atoms with Gasteiger partial charge in [0.15, 0.2) is 5.78 Å². The SMILES string of the molecule is O=C(c1ccccc1)C(Br)c1ccco1. The van der Waals surface area contributed by atoms with E-state index in [0.29, 0.717) is 11.3 Å². The smallest absolute Gasteiger partial charge is 0.184 e. The van der Waals surface area contributed by atoms with Crippen LogP contribution in [0.2, 0.25) is 0 Å². The van der Waals surface area contributed by atoms with E-state index in [2.05, 4.69) is 15.9 Å². The molecule has 3 heteroatoms. The lowest BCUT2D eigenvalue weighted by atomic mass is 10.1. The molecule has 0 spiro atoms. The second-order valence-corrected chi connectivity index (χ2v) is 4.02. The van der Waals surface area contributed by atoms with Gasteiger partial charge in [0, 0.05) is 5.56 Å². The summed E-state index contributed by atoms with van der Waals surface area (Å²) in [5.74, 6) is 0.634. The Balaban J connectivity index is 2.23. The molecule has 0 saturated heterocycles. The molecule has 1 aromatic carbocycles. The largest absolute Gasteiger partial charge is 0.468 e. The maximum Gasteiger partial charge on any atom is 0.184 e. The molecule has 1 unspecified atom stereocenters. The lowest BCUT2D eigenvalue weighted by molar-refractivity contribution is 0.0985. The van der Waals surface area contributed by atoms with Crippen LogP contribution in [0.5, 0.6) is 0 Å². The number of carbonyl (C=O) groups is 1. The Morgan fingerprint density at radius 3 is 2.47 bits per heavy atom. The Morgan fingerprint density at radius 1 is 1.13 bits per heavy atom. The minimum Gasteiger partial charge on any atom is -0.468 e. The maximum atomic E-state index is 11.9. The zero-order chi connectivity index (χ0) is 10.7. The number of rotatable bonds is 3. The van der Waals surface area contributed by atoms with Crippen LogP contribution in [-0.4, -0.2) is 5.78 Å². The fraction of sp³-hybridized carbons (Fsp3) is 0.0833. The zero-order valence-corrected chi connectivity index (χ0v) is 9.48. The summed E-state index contributed by atoms with van der Waals surface area (Å²) in [5, 5.41) is 0. The average molecular weight is 265 g/mol. The number of carbonyl (C=O) groups excluding carboxylic acids is 1. The van der Waals surface area contributed by atoms with Crippen LogP contribution in [0.4, 0.5) is 0 Å². The van der Waals surface area contributed by atoms with Crippen molar-refractivity contribution < 1.29 is 9.21 Å². The van der Waals surface area contributed by atoms with Crippen LogP contribution >= 0.6 is 15.9 Å². The van der Waals surface area contributed by atoms with Crippen molar-refractivity contribution >= 4 is 21.7 Å². The van der Waals surface area contributed by atoms with Gasteiger partial charge in [-0.05, 0) is 12.1 Å². The van der Waals surface area contributed by atoms with Gasteiger partial charge in [0.25, 0.3) is 0 Å². The quantitative estimate of drug-likeness (QED) is 0.627. The van der Waals surface area contributed by atoms with Crippen LogP contribution in [0, 0.1) is 0 Å². The average Bonchev–Trinajstić information content (AvgIpc) is 2.82. The standard InChI is InChI=1S/C12H9BrO2/c13-11(10-7-4-8-15-10)12(14)9-5-2-1-3-6-9/h1-8,11H. The highest BCUT2D eigenvalue weighted by atomic mass is 79.9. The van der Waals surface area contributed by atoms with Crippen LogP contribution < -0.4 is 0 Å². The summed E-state index contributed by atoms with van der Waals surface area (Å²) in [4.78, 5) is 11.5. The maximum absolute atomic E-state index is 11.9. The predicted molar refractivity (Wildman–Crippen MR) is 61.1 cm³/mol. The topological polar surface area (TPSA) is 30.2 Å². The Hall–Kier alpha value is -1.35. The Morgan fingerprint density at radius 2 is 1.87 bits per heavy atom. The third-order valence-electron chi connectivity index (χ3n) is 2.08. The molecule has 0 bridgehead atoms. The van der Waals surface area contributed by atoms with Gasteiger partial charge >= 0.3 is 0 Å². The molecular weight excluding hydrogens is 256 g/mol. The van der Waals surface area contributed by atoms with Gasteiger partial charge in [-0.25, -0.2) is 0 Å². The molecule has 15 heavy (non-hydrogen) atoms. The van der Waals surface area contributed by atoms with Gasteiger partial charge in [-0.2, -0.15) is 0 Å². The van der Waals surface area contributed by atoms with Crippen molar-refractivity contribution in [3.63, 3.8) is 0 Å². The fourth-order valence-electron chi connectivity index (χ4n) is 1.31. The van der Waals surface area contributed by atoms with Crippen molar-refractivity contribution in [1.82, 2.24) is 0 Å². The predicted octanol–water partition coefficient (Wildman–Crippen LogP) is 3.60. The summed E-state index contributed by atoms with van der Waals surface area (Å²) in [6.45, 7) is 0. The highest BCUT2D eigenvalue weighted by molar-refractivity contribution is 9.09. The van der Waals surface area contributed by atoms with Crippen molar-refractivity contribution in [1.29, 1.82) is 0 Å². The number of ketones is 1. The molecule has 2 nitrogen and oxygen atoms in total. The number of benzene rings is 1. The summed E-state index contributed by atoms with van der Waals surface area (Å²) in [6, 6.07) is 12.7. The molecule has 0 saturated carbocycles. The molecule has 0 aliphatic carbocycles. The van der Waals surface area contributed by atoms with Crippen molar-refractivity contribution in [3.05, 3.63) is 60.1 Å². The normalized spacial score (nSPS) is 12.3. The summed E-state index contributed by atoms with van der Waals surface area (Å²) < 4.78 is 5.17. The molecule has 0 radical (unpaired) electrons. The van der Waals surface area contributed by atoms with Gasteiger partial charge in [-0.1, -0.05) is 46.3 Å². The minimum atomic E-state index is -0.408. The molecular formula is C12H9BrO2. The molecule has 0 aliphatic heterocycles. The van der Waals surface area contributed by atoms with E-state index in [1.54, 1.807) is 30.5 Å². The minimum absolute atomic E-state index is 0.00514. The van der Waals surface area contributed by atoms with Crippen LogP contribution in [-0.2, 0) is 0 Å². The number of furan rings is 1. The van der Waals surface area contributed by atoms with Crippen LogP contribution in [0.3, 0.4) is 0 Å². The van der Waals surface area contributed by atoms with E-state index in [1.165, 1.54) is 0 Å². The van der Waals surface area contributed by atoms with Crippen molar-refractivity contribution in [2.24, 2.45) is 0 Å². The van der Waals surface area contributed by atoms with E-state index >= 15 is 0 Å². The Kier molecular flexibility index (Phi) is 3.02. The summed E-state index contributed by atoms with van der Waals surface area (Å²) in [6.07, 6.45) is 1.56. The highest BCUT2D eigenvalue weighted by Gasteiger charge is 2.20. The number of hydrogen-bond donors (Lipinski definition) is 0. The second-order valence-electron chi connectivity index (χ2n) is 3.11. The second kappa shape index (κ2) is 4.45. The molecule has 1 heterocycles. The van der Waals surface area contributed by atoms with Crippen molar-refractivity contribution in [3.8, 4) is 0 Å². The lowest BCUT2D eigenvalue weighted by Gasteiger charge is -2.05. The lowest BCUT2D eigenvalue weighted by Crippen LogP contribution is -2.05. The number of Topliss-reactive ketones (excluding diaryl/α,β-unsaturated/α-hetero) is 1. The van der Waals surface area contributed by atoms with Crippen molar-refractivity contribution in [2.45, 2.75) is 4.83 Å².